The van der Waals surface area contributed by atoms with Crippen molar-refractivity contribution in [2.75, 3.05) is 7.11 Å². The lowest BCUT2D eigenvalue weighted by Crippen LogP contribution is -2.70. The monoisotopic (exact) mass is 464 g/mol. The van der Waals surface area contributed by atoms with Gasteiger partial charge in [0.05, 0.1) is 13.5 Å². The number of carbonyl (C=O) groups is 3. The van der Waals surface area contributed by atoms with Crippen molar-refractivity contribution in [3.63, 3.8) is 0 Å². The number of ether oxygens (including phenoxy) is 2. The maximum atomic E-state index is 12.9. The van der Waals surface area contributed by atoms with Gasteiger partial charge in [0.2, 0.25) is 5.91 Å². The zero-order chi connectivity index (χ0) is 23.5. The van der Waals surface area contributed by atoms with Gasteiger partial charge in [0.1, 0.15) is 29.5 Å². The van der Waals surface area contributed by atoms with Crippen molar-refractivity contribution in [2.45, 2.75) is 31.4 Å². The standard InChI is InChI=1S/C25H24N2O5S/c1-15-16(2)33-24-21(26-20(28)13-17-7-5-4-6-8-17)23(29)27(24)22(15)25(30)32-14-18-9-11-19(31-3)12-10-18/h4-12,21,24H,2,13-14H2,1,3H3,(H,26,28)/t21-,24-/m1/s1. The highest BCUT2D eigenvalue weighted by molar-refractivity contribution is 8.04. The van der Waals surface area contributed by atoms with Gasteiger partial charge in [-0.25, -0.2) is 4.79 Å². The average Bonchev–Trinajstić information content (AvgIpc) is 2.83. The molecule has 0 spiro atoms. The number of β-lactam (4-membered cyclic amide) rings is 1. The van der Waals surface area contributed by atoms with E-state index in [9.17, 15) is 14.4 Å². The van der Waals surface area contributed by atoms with Crippen molar-refractivity contribution in [3.8, 4) is 5.75 Å². The summed E-state index contributed by atoms with van der Waals surface area (Å²) in [6.07, 6.45) is 0.175. The van der Waals surface area contributed by atoms with Gasteiger partial charge in [-0.05, 0) is 35.8 Å². The fraction of sp³-hybridized carbons (Fsp3) is 0.240. The molecule has 1 N–H and O–H groups in total. The van der Waals surface area contributed by atoms with Crippen LogP contribution < -0.4 is 10.1 Å². The maximum Gasteiger partial charge on any atom is 0.355 e. The molecule has 0 saturated carbocycles. The van der Waals surface area contributed by atoms with E-state index in [1.165, 1.54) is 16.7 Å². The fourth-order valence-electron chi connectivity index (χ4n) is 3.70. The van der Waals surface area contributed by atoms with E-state index in [0.717, 1.165) is 11.1 Å². The molecule has 2 aliphatic heterocycles. The van der Waals surface area contributed by atoms with Crippen LogP contribution in [0.5, 0.6) is 5.75 Å². The first-order valence-corrected chi connectivity index (χ1v) is 11.3. The first-order chi connectivity index (χ1) is 15.9. The highest BCUT2D eigenvalue weighted by Crippen LogP contribution is 2.45. The Bertz CT molecular complexity index is 1130. The van der Waals surface area contributed by atoms with Crippen molar-refractivity contribution in [3.05, 3.63) is 88.5 Å². The van der Waals surface area contributed by atoms with E-state index in [1.807, 2.05) is 30.3 Å². The predicted octanol–water partition coefficient (Wildman–Crippen LogP) is 3.17. The van der Waals surface area contributed by atoms with Gasteiger partial charge in [-0.1, -0.05) is 60.8 Å². The normalized spacial score (nSPS) is 19.5. The Morgan fingerprint density at radius 2 is 1.79 bits per heavy atom. The van der Waals surface area contributed by atoms with Gasteiger partial charge in [-0.15, -0.1) is 0 Å². The average molecular weight is 465 g/mol. The van der Waals surface area contributed by atoms with Crippen molar-refractivity contribution in [1.82, 2.24) is 10.2 Å². The third kappa shape index (κ3) is 4.66. The summed E-state index contributed by atoms with van der Waals surface area (Å²) in [4.78, 5) is 40.4. The molecular weight excluding hydrogens is 440 g/mol. The van der Waals surface area contributed by atoms with E-state index in [0.29, 0.717) is 16.2 Å². The molecule has 0 aromatic heterocycles. The minimum atomic E-state index is -0.722. The van der Waals surface area contributed by atoms with E-state index < -0.39 is 17.4 Å². The minimum Gasteiger partial charge on any atom is -0.497 e. The molecular formula is C25H24N2O5S. The minimum absolute atomic E-state index is 0.0587. The van der Waals surface area contributed by atoms with E-state index >= 15 is 0 Å². The number of hydrogen-bond acceptors (Lipinski definition) is 6. The van der Waals surface area contributed by atoms with Crippen LogP contribution in [0.1, 0.15) is 18.1 Å². The van der Waals surface area contributed by atoms with Gasteiger partial charge in [0, 0.05) is 4.91 Å². The molecule has 2 heterocycles. The number of amides is 2. The molecule has 2 aliphatic rings. The summed E-state index contributed by atoms with van der Waals surface area (Å²) in [7, 11) is 1.58. The summed E-state index contributed by atoms with van der Waals surface area (Å²) >= 11 is 1.36. The van der Waals surface area contributed by atoms with Gasteiger partial charge in [-0.3, -0.25) is 14.5 Å². The number of carbonyl (C=O) groups excluding carboxylic acids is 3. The lowest BCUT2D eigenvalue weighted by molar-refractivity contribution is -0.153. The van der Waals surface area contributed by atoms with Crippen LogP contribution in [-0.2, 0) is 32.1 Å². The number of rotatable bonds is 7. The third-order valence-corrected chi connectivity index (χ3v) is 6.88. The molecule has 2 aromatic carbocycles. The molecule has 170 valence electrons. The van der Waals surface area contributed by atoms with Crippen molar-refractivity contribution >= 4 is 29.5 Å². The summed E-state index contributed by atoms with van der Waals surface area (Å²) in [6.45, 7) is 5.82. The molecule has 33 heavy (non-hydrogen) atoms. The Hall–Kier alpha value is -3.52. The van der Waals surface area contributed by atoms with Crippen LogP contribution in [0, 0.1) is 0 Å². The molecule has 0 aliphatic carbocycles. The second-order valence-corrected chi connectivity index (χ2v) is 8.96. The van der Waals surface area contributed by atoms with Crippen molar-refractivity contribution in [1.29, 1.82) is 0 Å². The van der Waals surface area contributed by atoms with E-state index in [-0.39, 0.29) is 30.5 Å². The van der Waals surface area contributed by atoms with Crippen LogP contribution in [0.15, 0.2) is 77.4 Å². The zero-order valence-corrected chi connectivity index (χ0v) is 19.2. The number of esters is 1. The van der Waals surface area contributed by atoms with E-state index in [2.05, 4.69) is 11.9 Å². The number of fused-ring (bicyclic) bond motifs is 1. The highest BCUT2D eigenvalue weighted by atomic mass is 32.2. The quantitative estimate of drug-likeness (QED) is 0.501. The SMILES string of the molecule is C=C1S[C@@H]2[C@H](NC(=O)Cc3ccccc3)C(=O)N2C(C(=O)OCc2ccc(OC)cc2)=C1C. The molecule has 0 unspecified atom stereocenters. The van der Waals surface area contributed by atoms with Gasteiger partial charge in [-0.2, -0.15) is 0 Å². The van der Waals surface area contributed by atoms with Crippen LogP contribution in [0.4, 0.5) is 0 Å². The largest absolute Gasteiger partial charge is 0.497 e. The molecule has 2 aromatic rings. The van der Waals surface area contributed by atoms with Crippen LogP contribution in [0.3, 0.4) is 0 Å². The number of thioether (sulfide) groups is 1. The highest BCUT2D eigenvalue weighted by Gasteiger charge is 2.54. The summed E-state index contributed by atoms with van der Waals surface area (Å²) in [5.41, 5.74) is 2.43. The van der Waals surface area contributed by atoms with Gasteiger partial charge < -0.3 is 14.8 Å². The molecule has 4 rings (SSSR count). The van der Waals surface area contributed by atoms with E-state index in [4.69, 9.17) is 9.47 Å². The summed E-state index contributed by atoms with van der Waals surface area (Å²) in [6, 6.07) is 15.8. The molecule has 7 nitrogen and oxygen atoms in total. The van der Waals surface area contributed by atoms with Crippen molar-refractivity contribution < 1.29 is 23.9 Å². The van der Waals surface area contributed by atoms with Gasteiger partial charge >= 0.3 is 5.97 Å². The molecule has 1 saturated heterocycles. The second kappa shape index (κ2) is 9.54. The number of nitrogens with zero attached hydrogens (tertiary/aromatic N) is 1. The Kier molecular flexibility index (Phi) is 6.55. The Balaban J connectivity index is 1.42. The lowest BCUT2D eigenvalue weighted by Gasteiger charge is -2.49. The lowest BCUT2D eigenvalue weighted by atomic mass is 10.0. The summed E-state index contributed by atoms with van der Waals surface area (Å²) in [5.74, 6) is -0.478. The first kappa shape index (κ1) is 22.7. The molecule has 0 radical (unpaired) electrons. The van der Waals surface area contributed by atoms with Crippen LogP contribution in [0.25, 0.3) is 0 Å². The Morgan fingerprint density at radius 1 is 1.09 bits per heavy atom. The first-order valence-electron chi connectivity index (χ1n) is 10.4. The van der Waals surface area contributed by atoms with Crippen molar-refractivity contribution in [2.24, 2.45) is 0 Å². The van der Waals surface area contributed by atoms with Gasteiger partial charge in [0.15, 0.2) is 0 Å². The molecule has 2 atom stereocenters. The Morgan fingerprint density at radius 3 is 2.45 bits per heavy atom. The zero-order valence-electron chi connectivity index (χ0n) is 18.4. The topological polar surface area (TPSA) is 84.9 Å². The third-order valence-electron chi connectivity index (χ3n) is 5.57. The van der Waals surface area contributed by atoms with Gasteiger partial charge in [0.25, 0.3) is 5.91 Å². The number of allylic oxidation sites excluding steroid dienone is 1. The molecule has 1 fully saturated rings. The number of benzene rings is 2. The number of hydrogen-bond donors (Lipinski definition) is 1. The van der Waals surface area contributed by atoms with E-state index in [1.54, 1.807) is 38.3 Å². The molecule has 0 bridgehead atoms. The second-order valence-electron chi connectivity index (χ2n) is 7.75. The molecule has 2 amide bonds. The summed E-state index contributed by atoms with van der Waals surface area (Å²) in [5, 5.41) is 2.37. The molecule has 8 heteroatoms. The van der Waals surface area contributed by atoms with Crippen LogP contribution in [0.2, 0.25) is 0 Å². The summed E-state index contributed by atoms with van der Waals surface area (Å²) < 4.78 is 10.6. The Labute approximate surface area is 196 Å². The predicted molar refractivity (Wildman–Crippen MR) is 125 cm³/mol. The number of nitrogens with one attached hydrogen (secondary N) is 1. The van der Waals surface area contributed by atoms with Crippen LogP contribution in [-0.4, -0.2) is 41.2 Å². The van der Waals surface area contributed by atoms with Crippen LogP contribution >= 0.6 is 11.8 Å². The fourth-order valence-corrected chi connectivity index (χ4v) is 4.90. The maximum absolute atomic E-state index is 12.9. The number of methoxy groups -OCH3 is 1. The smallest absolute Gasteiger partial charge is 0.355 e.